The van der Waals surface area contributed by atoms with Gasteiger partial charge in [0.1, 0.15) is 18.4 Å². The van der Waals surface area contributed by atoms with Gasteiger partial charge in [-0.3, -0.25) is 29.3 Å². The van der Waals surface area contributed by atoms with Crippen LogP contribution in [0.1, 0.15) is 45.1 Å². The molecule has 1 unspecified atom stereocenters. The molecule has 2 rings (SSSR count). The summed E-state index contributed by atoms with van der Waals surface area (Å²) in [5, 5.41) is 21.2. The highest BCUT2D eigenvalue weighted by Crippen LogP contribution is 2.18. The molecule has 0 fully saturated rings. The van der Waals surface area contributed by atoms with Crippen LogP contribution in [0.15, 0.2) is 60.7 Å². The Hall–Kier alpha value is -5.80. The fraction of sp³-hybridized carbons (Fsp3) is 0.375. The van der Waals surface area contributed by atoms with E-state index in [9.17, 15) is 38.9 Å². The van der Waals surface area contributed by atoms with Crippen molar-refractivity contribution < 1.29 is 47.9 Å². The van der Waals surface area contributed by atoms with Gasteiger partial charge < -0.3 is 35.5 Å². The first kappa shape index (κ1) is 38.4. The summed E-state index contributed by atoms with van der Waals surface area (Å²) in [5.41, 5.74) is 0.871. The molecule has 0 aliphatic rings. The van der Waals surface area contributed by atoms with Crippen LogP contribution in [0.2, 0.25) is 0 Å². The van der Waals surface area contributed by atoms with Crippen molar-refractivity contribution in [2.45, 2.75) is 52.2 Å². The third-order valence-corrected chi connectivity index (χ3v) is 6.48. The normalized spacial score (nSPS) is 11.2. The summed E-state index contributed by atoms with van der Waals surface area (Å²) in [7, 11) is 1.21. The number of rotatable bonds is 18. The number of nitro groups is 1. The topological polar surface area (TPSA) is 221 Å². The van der Waals surface area contributed by atoms with Crippen LogP contribution in [0.5, 0.6) is 5.75 Å². The third kappa shape index (κ3) is 15.0. The van der Waals surface area contributed by atoms with Crippen LogP contribution in [-0.2, 0) is 40.1 Å². The molecule has 16 heteroatoms. The molecule has 2 aromatic carbocycles. The molecule has 0 aliphatic carbocycles. The quantitative estimate of drug-likeness (QED) is 0.0451. The first-order valence-electron chi connectivity index (χ1n) is 15.0. The van der Waals surface area contributed by atoms with Crippen LogP contribution in [0.3, 0.4) is 0 Å². The van der Waals surface area contributed by atoms with Gasteiger partial charge in [0.2, 0.25) is 23.6 Å². The average Bonchev–Trinajstić information content (AvgIpc) is 3.06. The molecule has 258 valence electrons. The summed E-state index contributed by atoms with van der Waals surface area (Å²) in [6.45, 7) is 3.44. The predicted octanol–water partition coefficient (Wildman–Crippen LogP) is 2.91. The smallest absolute Gasteiger partial charge is 0.466 e. The number of anilines is 1. The van der Waals surface area contributed by atoms with Gasteiger partial charge in [0.25, 0.3) is 5.69 Å². The lowest BCUT2D eigenvalue weighted by Crippen LogP contribution is -2.51. The van der Waals surface area contributed by atoms with Gasteiger partial charge in [-0.2, -0.15) is 0 Å². The molecule has 0 aliphatic heterocycles. The minimum absolute atomic E-state index is 0.0820. The van der Waals surface area contributed by atoms with E-state index >= 15 is 0 Å². The number of nitrogens with zero attached hydrogens (tertiary/aromatic N) is 1. The number of amides is 4. The Bertz CT molecular complexity index is 1460. The SMILES string of the molecule is COC(=O)/C=C\C(=O)NCCCCCC(=O)NC(C(=O)NCC(=O)Nc1ccc(COC(=O)Oc2ccc([N+](=O)[O-])cc2)cc1)C(C)C. The van der Waals surface area contributed by atoms with Gasteiger partial charge in [0, 0.05) is 42.9 Å². The van der Waals surface area contributed by atoms with Gasteiger partial charge in [-0.05, 0) is 48.6 Å². The molecule has 48 heavy (non-hydrogen) atoms. The van der Waals surface area contributed by atoms with Gasteiger partial charge in [0.15, 0.2) is 0 Å². The number of hydrogen-bond acceptors (Lipinski definition) is 11. The zero-order valence-corrected chi connectivity index (χ0v) is 26.8. The van der Waals surface area contributed by atoms with Gasteiger partial charge in [-0.15, -0.1) is 0 Å². The van der Waals surface area contributed by atoms with Gasteiger partial charge in [-0.1, -0.05) is 32.4 Å². The Balaban J connectivity index is 1.68. The number of ether oxygens (including phenoxy) is 3. The van der Waals surface area contributed by atoms with Crippen molar-refractivity contribution >= 4 is 47.1 Å². The monoisotopic (exact) mass is 669 g/mol. The minimum atomic E-state index is -1.00. The standard InChI is InChI=1S/C32H39N5O11/c1-21(2)30(36-27(39)7-5-4-6-18-33-26(38)16-17-29(41)46-3)31(42)34-19-28(40)35-23-10-8-22(9-11-23)20-47-32(43)48-25-14-12-24(13-15-25)37(44)45/h8-17,21,30H,4-7,18-20H2,1-3H3,(H,33,38)(H,34,42)(H,35,40)(H,36,39)/b17-16-. The fourth-order valence-electron chi connectivity index (χ4n) is 3.92. The maximum Gasteiger partial charge on any atom is 0.514 e. The Kier molecular flexibility index (Phi) is 16.3. The van der Waals surface area contributed by atoms with Crippen molar-refractivity contribution in [1.82, 2.24) is 16.0 Å². The van der Waals surface area contributed by atoms with E-state index in [1.165, 1.54) is 31.4 Å². The zero-order valence-electron chi connectivity index (χ0n) is 26.8. The number of non-ortho nitro benzene ring substituents is 1. The Morgan fingerprint density at radius 3 is 2.19 bits per heavy atom. The highest BCUT2D eigenvalue weighted by molar-refractivity contribution is 5.96. The van der Waals surface area contributed by atoms with E-state index in [-0.39, 0.29) is 42.8 Å². The molecule has 4 amide bonds. The Morgan fingerprint density at radius 2 is 1.56 bits per heavy atom. The van der Waals surface area contributed by atoms with E-state index in [1.807, 2.05) is 0 Å². The number of esters is 1. The predicted molar refractivity (Wildman–Crippen MR) is 171 cm³/mol. The number of nitro benzene ring substituents is 1. The number of methoxy groups -OCH3 is 1. The van der Waals surface area contributed by atoms with E-state index in [1.54, 1.807) is 38.1 Å². The third-order valence-electron chi connectivity index (χ3n) is 6.48. The summed E-state index contributed by atoms with van der Waals surface area (Å²) in [6.07, 6.45) is 3.07. The van der Waals surface area contributed by atoms with Crippen molar-refractivity contribution in [2.75, 3.05) is 25.5 Å². The molecular weight excluding hydrogens is 630 g/mol. The summed E-state index contributed by atoms with van der Waals surface area (Å²) in [5.74, 6) is -2.55. The van der Waals surface area contributed by atoms with E-state index in [2.05, 4.69) is 26.0 Å². The van der Waals surface area contributed by atoms with Gasteiger partial charge in [0.05, 0.1) is 18.6 Å². The van der Waals surface area contributed by atoms with Crippen molar-refractivity contribution in [3.05, 3.63) is 76.4 Å². The first-order chi connectivity index (χ1) is 22.9. The molecule has 0 spiro atoms. The number of carbonyl (C=O) groups is 6. The number of benzene rings is 2. The van der Waals surface area contributed by atoms with E-state index in [0.29, 0.717) is 37.1 Å². The molecule has 2 aromatic rings. The fourth-order valence-corrected chi connectivity index (χ4v) is 3.92. The van der Waals surface area contributed by atoms with Crippen molar-refractivity contribution in [2.24, 2.45) is 5.92 Å². The molecule has 0 radical (unpaired) electrons. The van der Waals surface area contributed by atoms with Crippen molar-refractivity contribution in [1.29, 1.82) is 0 Å². The van der Waals surface area contributed by atoms with Gasteiger partial charge in [-0.25, -0.2) is 9.59 Å². The van der Waals surface area contributed by atoms with Gasteiger partial charge >= 0.3 is 12.1 Å². The molecule has 16 nitrogen and oxygen atoms in total. The lowest BCUT2D eigenvalue weighted by atomic mass is 10.0. The number of carbonyl (C=O) groups excluding carboxylic acids is 6. The second kappa shape index (κ2) is 20.3. The highest BCUT2D eigenvalue weighted by atomic mass is 16.7. The number of unbranched alkanes of at least 4 members (excludes halogenated alkanes) is 2. The highest BCUT2D eigenvalue weighted by Gasteiger charge is 2.24. The van der Waals surface area contributed by atoms with Crippen LogP contribution in [-0.4, -0.2) is 66.9 Å². The molecule has 0 aromatic heterocycles. The Morgan fingerprint density at radius 1 is 0.875 bits per heavy atom. The average molecular weight is 670 g/mol. The lowest BCUT2D eigenvalue weighted by Gasteiger charge is -2.21. The molecular formula is C32H39N5O11. The van der Waals surface area contributed by atoms with Crippen LogP contribution in [0, 0.1) is 16.0 Å². The van der Waals surface area contributed by atoms with E-state index < -0.39 is 40.8 Å². The summed E-state index contributed by atoms with van der Waals surface area (Å²) < 4.78 is 14.4. The first-order valence-corrected chi connectivity index (χ1v) is 15.0. The maximum absolute atomic E-state index is 12.7. The molecule has 0 bridgehead atoms. The van der Waals surface area contributed by atoms with E-state index in [0.717, 1.165) is 12.2 Å². The van der Waals surface area contributed by atoms with Crippen LogP contribution in [0.4, 0.5) is 16.2 Å². The van der Waals surface area contributed by atoms with Crippen LogP contribution >= 0.6 is 0 Å². The molecule has 1 atom stereocenters. The van der Waals surface area contributed by atoms with Crippen LogP contribution in [0.25, 0.3) is 0 Å². The van der Waals surface area contributed by atoms with Crippen molar-refractivity contribution in [3.63, 3.8) is 0 Å². The second-order valence-electron chi connectivity index (χ2n) is 10.6. The van der Waals surface area contributed by atoms with E-state index in [4.69, 9.17) is 9.47 Å². The maximum atomic E-state index is 12.7. The Labute approximate surface area is 276 Å². The molecule has 4 N–H and O–H groups in total. The minimum Gasteiger partial charge on any atom is -0.466 e. The number of nitrogens with one attached hydrogen (secondary N) is 4. The second-order valence-corrected chi connectivity index (χ2v) is 10.6. The van der Waals surface area contributed by atoms with Crippen molar-refractivity contribution in [3.8, 4) is 5.75 Å². The number of hydrogen-bond donors (Lipinski definition) is 4. The summed E-state index contributed by atoms with van der Waals surface area (Å²) >= 11 is 0. The zero-order chi connectivity index (χ0) is 35.5. The largest absolute Gasteiger partial charge is 0.514 e. The summed E-state index contributed by atoms with van der Waals surface area (Å²) in [6, 6.07) is 10.4. The molecule has 0 heterocycles. The summed E-state index contributed by atoms with van der Waals surface area (Å²) in [4.78, 5) is 82.2. The lowest BCUT2D eigenvalue weighted by molar-refractivity contribution is -0.384. The molecule has 0 saturated heterocycles. The molecule has 0 saturated carbocycles. The van der Waals surface area contributed by atoms with Crippen LogP contribution < -0.4 is 26.0 Å².